The fourth-order valence-corrected chi connectivity index (χ4v) is 4.10. The highest BCUT2D eigenvalue weighted by molar-refractivity contribution is 14.0. The van der Waals surface area contributed by atoms with Crippen LogP contribution in [0, 0.1) is 0 Å². The minimum Gasteiger partial charge on any atom is -0.357 e. The third-order valence-electron chi connectivity index (χ3n) is 4.60. The fraction of sp³-hybridized carbons (Fsp3) is 0.867. The van der Waals surface area contributed by atoms with Crippen molar-refractivity contribution in [1.29, 1.82) is 0 Å². The fourth-order valence-electron chi connectivity index (χ4n) is 3.11. The van der Waals surface area contributed by atoms with Crippen molar-refractivity contribution in [1.82, 2.24) is 19.8 Å². The molecule has 0 aliphatic carbocycles. The molecule has 0 spiro atoms. The summed E-state index contributed by atoms with van der Waals surface area (Å²) in [7, 11) is -5.28. The molecule has 164 valence electrons. The van der Waals surface area contributed by atoms with Crippen LogP contribution in [0.1, 0.15) is 32.6 Å². The molecule has 1 amide bonds. The number of carbonyl (C=O) groups excluding carboxylic acids is 1. The van der Waals surface area contributed by atoms with Gasteiger partial charge in [0.1, 0.15) is 6.54 Å². The lowest BCUT2D eigenvalue weighted by Crippen LogP contribution is -2.51. The Labute approximate surface area is 180 Å². The number of aliphatic imine (C=N–C) groups is 1. The van der Waals surface area contributed by atoms with Gasteiger partial charge in [-0.05, 0) is 32.6 Å². The lowest BCUT2D eigenvalue weighted by atomic mass is 10.1. The number of carbonyl (C=O) groups is 1. The summed E-state index contributed by atoms with van der Waals surface area (Å²) < 4.78 is 61.2. The number of hydrogen-bond donors (Lipinski definition) is 2. The number of hydrogen-bond acceptors (Lipinski definition) is 4. The third kappa shape index (κ3) is 6.61. The average Bonchev–Trinajstić information content (AvgIpc) is 3.14. The van der Waals surface area contributed by atoms with Gasteiger partial charge in [-0.3, -0.25) is 4.79 Å². The largest absolute Gasteiger partial charge is 0.511 e. The first-order valence-electron chi connectivity index (χ1n) is 9.04. The molecule has 0 saturated carbocycles. The molecule has 2 N–H and O–H groups in total. The Bertz CT molecular complexity index is 646. The van der Waals surface area contributed by atoms with Gasteiger partial charge < -0.3 is 15.5 Å². The normalized spacial score (nSPS) is 20.0. The Balaban J connectivity index is 0.00000392. The maximum Gasteiger partial charge on any atom is 0.511 e. The summed E-state index contributed by atoms with van der Waals surface area (Å²) in [4.78, 5) is 18.1. The smallest absolute Gasteiger partial charge is 0.357 e. The zero-order valence-electron chi connectivity index (χ0n) is 15.7. The van der Waals surface area contributed by atoms with E-state index < -0.39 is 15.5 Å². The van der Waals surface area contributed by atoms with E-state index in [0.717, 1.165) is 25.9 Å². The first-order valence-corrected chi connectivity index (χ1v) is 10.5. The van der Waals surface area contributed by atoms with E-state index in [9.17, 15) is 26.4 Å². The summed E-state index contributed by atoms with van der Waals surface area (Å²) in [6.07, 6.45) is 2.43. The van der Waals surface area contributed by atoms with Crippen molar-refractivity contribution in [3.8, 4) is 0 Å². The first kappa shape index (κ1) is 25.2. The number of rotatable bonds is 5. The summed E-state index contributed by atoms with van der Waals surface area (Å²) in [6.45, 7) is 3.46. The molecule has 0 radical (unpaired) electrons. The van der Waals surface area contributed by atoms with E-state index >= 15 is 0 Å². The van der Waals surface area contributed by atoms with E-state index in [-0.39, 0.29) is 68.4 Å². The van der Waals surface area contributed by atoms with E-state index in [1.54, 1.807) is 4.90 Å². The van der Waals surface area contributed by atoms with Gasteiger partial charge in [-0.1, -0.05) is 0 Å². The Morgan fingerprint density at radius 2 is 1.71 bits per heavy atom. The van der Waals surface area contributed by atoms with Crippen molar-refractivity contribution >= 4 is 45.9 Å². The van der Waals surface area contributed by atoms with Crippen molar-refractivity contribution < 1.29 is 26.4 Å². The second-order valence-electron chi connectivity index (χ2n) is 6.55. The minimum absolute atomic E-state index is 0. The highest BCUT2D eigenvalue weighted by atomic mass is 127. The van der Waals surface area contributed by atoms with Crippen molar-refractivity contribution in [2.75, 3.05) is 39.3 Å². The van der Waals surface area contributed by atoms with Crippen LogP contribution in [0.4, 0.5) is 13.2 Å². The molecule has 2 fully saturated rings. The van der Waals surface area contributed by atoms with Crippen LogP contribution in [0.3, 0.4) is 0 Å². The number of amides is 1. The molecule has 0 unspecified atom stereocenters. The van der Waals surface area contributed by atoms with Crippen LogP contribution in [0.5, 0.6) is 0 Å². The molecule has 13 heteroatoms. The van der Waals surface area contributed by atoms with Crippen molar-refractivity contribution in [2.24, 2.45) is 4.99 Å². The Morgan fingerprint density at radius 3 is 2.21 bits per heavy atom. The summed E-state index contributed by atoms with van der Waals surface area (Å²) in [6, 6.07) is -0.218. The lowest BCUT2D eigenvalue weighted by molar-refractivity contribution is -0.128. The standard InChI is InChI=1S/C15H26F3N5O3S.HI/c1-2-19-14(20-11-13(24)22-7-3-4-8-22)21-12-5-9-23(10-6-12)27(25,26)15(16,17)18;/h12H,2-11H2,1H3,(H2,19,20,21);1H. The molecule has 0 aromatic carbocycles. The predicted octanol–water partition coefficient (Wildman–Crippen LogP) is 1.10. The summed E-state index contributed by atoms with van der Waals surface area (Å²) in [5, 5.41) is 6.08. The SMILES string of the molecule is CCNC(=NCC(=O)N1CCCC1)NC1CCN(S(=O)(=O)C(F)(F)F)CC1.I. The lowest BCUT2D eigenvalue weighted by Gasteiger charge is -2.32. The zero-order valence-corrected chi connectivity index (χ0v) is 18.8. The summed E-state index contributed by atoms with van der Waals surface area (Å²) in [5.74, 6) is 0.345. The molecule has 2 rings (SSSR count). The molecule has 0 bridgehead atoms. The van der Waals surface area contributed by atoms with Gasteiger partial charge in [0.25, 0.3) is 0 Å². The molecule has 0 atom stereocenters. The average molecular weight is 541 g/mol. The zero-order chi connectivity index (χ0) is 20.1. The maximum absolute atomic E-state index is 12.6. The molecule has 2 aliphatic rings. The third-order valence-corrected chi connectivity index (χ3v) is 6.23. The van der Waals surface area contributed by atoms with Gasteiger partial charge in [0, 0.05) is 38.8 Å². The monoisotopic (exact) mass is 541 g/mol. The number of nitrogens with one attached hydrogen (secondary N) is 2. The molecule has 2 aliphatic heterocycles. The summed E-state index contributed by atoms with van der Waals surface area (Å²) in [5.41, 5.74) is -5.28. The molecular weight excluding hydrogens is 514 g/mol. The van der Waals surface area contributed by atoms with Crippen LogP contribution < -0.4 is 10.6 Å². The van der Waals surface area contributed by atoms with Gasteiger partial charge in [-0.15, -0.1) is 24.0 Å². The second kappa shape index (κ2) is 10.8. The van der Waals surface area contributed by atoms with E-state index in [4.69, 9.17) is 0 Å². The van der Waals surface area contributed by atoms with Crippen molar-refractivity contribution in [2.45, 2.75) is 44.2 Å². The summed E-state index contributed by atoms with van der Waals surface area (Å²) >= 11 is 0. The Morgan fingerprint density at radius 1 is 1.14 bits per heavy atom. The molecule has 28 heavy (non-hydrogen) atoms. The molecule has 2 saturated heterocycles. The highest BCUT2D eigenvalue weighted by Crippen LogP contribution is 2.28. The van der Waals surface area contributed by atoms with Gasteiger partial charge in [-0.2, -0.15) is 17.5 Å². The van der Waals surface area contributed by atoms with Gasteiger partial charge in [0.15, 0.2) is 5.96 Å². The van der Waals surface area contributed by atoms with Crippen molar-refractivity contribution in [3.63, 3.8) is 0 Å². The van der Waals surface area contributed by atoms with Crippen LogP contribution in [-0.2, 0) is 14.8 Å². The van der Waals surface area contributed by atoms with Crippen LogP contribution in [-0.4, -0.2) is 80.3 Å². The Kier molecular flexibility index (Phi) is 9.73. The first-order chi connectivity index (χ1) is 12.6. The number of guanidine groups is 1. The predicted molar refractivity (Wildman–Crippen MR) is 110 cm³/mol. The van der Waals surface area contributed by atoms with Gasteiger partial charge in [0.2, 0.25) is 5.91 Å². The highest BCUT2D eigenvalue weighted by Gasteiger charge is 2.50. The van der Waals surface area contributed by atoms with E-state index in [1.165, 1.54) is 0 Å². The Hall–Kier alpha value is -0.830. The number of sulfonamides is 1. The number of piperidine rings is 1. The van der Waals surface area contributed by atoms with Gasteiger partial charge >= 0.3 is 15.5 Å². The van der Waals surface area contributed by atoms with Crippen LogP contribution >= 0.6 is 24.0 Å². The molecule has 0 aromatic rings. The van der Waals surface area contributed by atoms with Gasteiger partial charge in [-0.25, -0.2) is 13.4 Å². The van der Waals surface area contributed by atoms with Crippen LogP contribution in [0.2, 0.25) is 0 Å². The molecule has 8 nitrogen and oxygen atoms in total. The number of halogens is 4. The van der Waals surface area contributed by atoms with E-state index in [1.807, 2.05) is 6.92 Å². The second-order valence-corrected chi connectivity index (χ2v) is 8.48. The van der Waals surface area contributed by atoms with Gasteiger partial charge in [0.05, 0.1) is 0 Å². The molecule has 2 heterocycles. The number of nitrogens with zero attached hydrogens (tertiary/aromatic N) is 3. The molecule has 0 aromatic heterocycles. The quantitative estimate of drug-likeness (QED) is 0.309. The molecular formula is C15H27F3IN5O3S. The van der Waals surface area contributed by atoms with E-state index in [0.29, 0.717) is 16.8 Å². The maximum atomic E-state index is 12.6. The number of likely N-dealkylation sites (tertiary alicyclic amines) is 1. The van der Waals surface area contributed by atoms with E-state index in [2.05, 4.69) is 15.6 Å². The number of alkyl halides is 3. The van der Waals surface area contributed by atoms with Crippen molar-refractivity contribution in [3.05, 3.63) is 0 Å². The van der Waals surface area contributed by atoms with Crippen LogP contribution in [0.25, 0.3) is 0 Å². The van der Waals surface area contributed by atoms with Crippen LogP contribution in [0.15, 0.2) is 4.99 Å². The minimum atomic E-state index is -5.28. The topological polar surface area (TPSA) is 94.1 Å².